The van der Waals surface area contributed by atoms with Gasteiger partial charge >= 0.3 is 0 Å². The van der Waals surface area contributed by atoms with Crippen LogP contribution in [0.5, 0.6) is 5.75 Å². The number of nitrogens with two attached hydrogens (primary N) is 1. The van der Waals surface area contributed by atoms with Gasteiger partial charge in [-0.2, -0.15) is 0 Å². The van der Waals surface area contributed by atoms with Gasteiger partial charge < -0.3 is 10.5 Å². The Hall–Kier alpha value is -1.02. The van der Waals surface area contributed by atoms with Crippen LogP contribution in [0, 0.1) is 6.92 Å². The Morgan fingerprint density at radius 3 is 2.47 bits per heavy atom. The van der Waals surface area contributed by atoms with Gasteiger partial charge in [-0.05, 0) is 25.8 Å². The highest BCUT2D eigenvalue weighted by atomic mass is 16.5. The maximum atomic E-state index is 5.91. The Labute approximate surface area is 92.4 Å². The number of hydrogen-bond acceptors (Lipinski definition) is 2. The summed E-state index contributed by atoms with van der Waals surface area (Å²) in [7, 11) is 0. The predicted octanol–water partition coefficient (Wildman–Crippen LogP) is 3.02. The fourth-order valence-electron chi connectivity index (χ4n) is 1.62. The van der Waals surface area contributed by atoms with Crippen molar-refractivity contribution in [3.63, 3.8) is 0 Å². The van der Waals surface area contributed by atoms with Crippen LogP contribution in [-0.2, 0) is 6.54 Å². The molecule has 0 saturated carbocycles. The van der Waals surface area contributed by atoms with Gasteiger partial charge in [-0.15, -0.1) is 0 Å². The van der Waals surface area contributed by atoms with Gasteiger partial charge in [0.25, 0.3) is 0 Å². The quantitative estimate of drug-likeness (QED) is 0.805. The first-order valence-electron chi connectivity index (χ1n) is 5.67. The molecule has 2 N–H and O–H groups in total. The standard InChI is InChI=1S/C13H21NO/c1-4-12(5-2)15-13-7-6-10(3)8-11(13)9-14/h6-8,12H,4-5,9,14H2,1-3H3. The molecule has 0 aromatic heterocycles. The smallest absolute Gasteiger partial charge is 0.124 e. The largest absolute Gasteiger partial charge is 0.490 e. The lowest BCUT2D eigenvalue weighted by atomic mass is 10.1. The number of aryl methyl sites for hydroxylation is 1. The first-order chi connectivity index (χ1) is 7.21. The van der Waals surface area contributed by atoms with E-state index in [1.807, 2.05) is 6.07 Å². The van der Waals surface area contributed by atoms with E-state index in [0.29, 0.717) is 12.6 Å². The molecule has 0 saturated heterocycles. The fourth-order valence-corrected chi connectivity index (χ4v) is 1.62. The molecular formula is C13H21NO. The first kappa shape index (κ1) is 12.1. The molecule has 2 heteroatoms. The average molecular weight is 207 g/mol. The van der Waals surface area contributed by atoms with Crippen LogP contribution in [0.2, 0.25) is 0 Å². The molecule has 0 amide bonds. The van der Waals surface area contributed by atoms with E-state index in [4.69, 9.17) is 10.5 Å². The van der Waals surface area contributed by atoms with Gasteiger partial charge in [0.1, 0.15) is 5.75 Å². The Kier molecular flexibility index (Phi) is 4.63. The zero-order valence-corrected chi connectivity index (χ0v) is 9.92. The van der Waals surface area contributed by atoms with Crippen molar-refractivity contribution in [1.82, 2.24) is 0 Å². The summed E-state index contributed by atoms with van der Waals surface area (Å²) in [5.41, 5.74) is 8.03. The molecule has 0 bridgehead atoms. The lowest BCUT2D eigenvalue weighted by Crippen LogP contribution is -2.15. The maximum Gasteiger partial charge on any atom is 0.124 e. The molecule has 84 valence electrons. The molecule has 2 nitrogen and oxygen atoms in total. The van der Waals surface area contributed by atoms with E-state index in [9.17, 15) is 0 Å². The van der Waals surface area contributed by atoms with Gasteiger partial charge in [0.15, 0.2) is 0 Å². The molecule has 1 rings (SSSR count). The number of hydrogen-bond donors (Lipinski definition) is 1. The van der Waals surface area contributed by atoms with Gasteiger partial charge in [0.2, 0.25) is 0 Å². The van der Waals surface area contributed by atoms with Gasteiger partial charge in [0.05, 0.1) is 6.10 Å². The molecule has 0 aliphatic carbocycles. The molecule has 1 aromatic rings. The van der Waals surface area contributed by atoms with Crippen LogP contribution in [0.3, 0.4) is 0 Å². The van der Waals surface area contributed by atoms with E-state index in [1.54, 1.807) is 0 Å². The third-order valence-corrected chi connectivity index (χ3v) is 2.64. The zero-order valence-electron chi connectivity index (χ0n) is 9.92. The lowest BCUT2D eigenvalue weighted by Gasteiger charge is -2.18. The highest BCUT2D eigenvalue weighted by Gasteiger charge is 2.08. The van der Waals surface area contributed by atoms with Crippen LogP contribution in [0.25, 0.3) is 0 Å². The summed E-state index contributed by atoms with van der Waals surface area (Å²) in [6.45, 7) is 6.90. The van der Waals surface area contributed by atoms with E-state index < -0.39 is 0 Å². The Morgan fingerprint density at radius 2 is 1.93 bits per heavy atom. The van der Waals surface area contributed by atoms with Crippen molar-refractivity contribution in [3.8, 4) is 5.75 Å². The molecule has 0 atom stereocenters. The normalized spacial score (nSPS) is 10.7. The highest BCUT2D eigenvalue weighted by molar-refractivity contribution is 5.36. The molecule has 0 aliphatic rings. The number of benzene rings is 1. The zero-order chi connectivity index (χ0) is 11.3. The molecule has 0 unspecified atom stereocenters. The van der Waals surface area contributed by atoms with Gasteiger partial charge in [-0.25, -0.2) is 0 Å². The Bertz CT molecular complexity index is 305. The summed E-state index contributed by atoms with van der Waals surface area (Å²) in [6, 6.07) is 6.18. The SMILES string of the molecule is CCC(CC)Oc1ccc(C)cc1CN. The van der Waals surface area contributed by atoms with Crippen molar-refractivity contribution in [2.24, 2.45) is 5.73 Å². The second-order valence-corrected chi connectivity index (χ2v) is 3.87. The number of ether oxygens (including phenoxy) is 1. The molecular weight excluding hydrogens is 186 g/mol. The average Bonchev–Trinajstić information content (AvgIpc) is 2.27. The summed E-state index contributed by atoms with van der Waals surface area (Å²) in [5, 5.41) is 0. The van der Waals surface area contributed by atoms with Crippen LogP contribution in [0.1, 0.15) is 37.8 Å². The van der Waals surface area contributed by atoms with Crippen molar-refractivity contribution in [3.05, 3.63) is 29.3 Å². The van der Waals surface area contributed by atoms with E-state index in [0.717, 1.165) is 24.2 Å². The monoisotopic (exact) mass is 207 g/mol. The van der Waals surface area contributed by atoms with Gasteiger partial charge in [-0.3, -0.25) is 0 Å². The van der Waals surface area contributed by atoms with Crippen LogP contribution >= 0.6 is 0 Å². The first-order valence-corrected chi connectivity index (χ1v) is 5.67. The summed E-state index contributed by atoms with van der Waals surface area (Å²) in [5.74, 6) is 0.941. The van der Waals surface area contributed by atoms with Gasteiger partial charge in [0, 0.05) is 12.1 Å². The van der Waals surface area contributed by atoms with Crippen molar-refractivity contribution < 1.29 is 4.74 Å². The van der Waals surface area contributed by atoms with E-state index in [-0.39, 0.29) is 0 Å². The van der Waals surface area contributed by atoms with Crippen molar-refractivity contribution in [2.75, 3.05) is 0 Å². The number of rotatable bonds is 5. The summed E-state index contributed by atoms with van der Waals surface area (Å²) in [4.78, 5) is 0. The van der Waals surface area contributed by atoms with Crippen molar-refractivity contribution in [1.29, 1.82) is 0 Å². The Balaban J connectivity index is 2.83. The third-order valence-electron chi connectivity index (χ3n) is 2.64. The maximum absolute atomic E-state index is 5.91. The Morgan fingerprint density at radius 1 is 1.27 bits per heavy atom. The second-order valence-electron chi connectivity index (χ2n) is 3.87. The molecule has 1 aromatic carbocycles. The van der Waals surface area contributed by atoms with E-state index >= 15 is 0 Å². The molecule has 0 heterocycles. The minimum atomic E-state index is 0.304. The molecule has 0 fully saturated rings. The topological polar surface area (TPSA) is 35.2 Å². The minimum Gasteiger partial charge on any atom is -0.490 e. The van der Waals surface area contributed by atoms with Crippen LogP contribution in [0.15, 0.2) is 18.2 Å². The fraction of sp³-hybridized carbons (Fsp3) is 0.538. The van der Waals surface area contributed by atoms with Crippen LogP contribution in [-0.4, -0.2) is 6.10 Å². The van der Waals surface area contributed by atoms with E-state index in [1.165, 1.54) is 5.56 Å². The lowest BCUT2D eigenvalue weighted by molar-refractivity contribution is 0.191. The summed E-state index contributed by atoms with van der Waals surface area (Å²) >= 11 is 0. The van der Waals surface area contributed by atoms with Crippen molar-refractivity contribution >= 4 is 0 Å². The highest BCUT2D eigenvalue weighted by Crippen LogP contribution is 2.22. The predicted molar refractivity (Wildman–Crippen MR) is 64.1 cm³/mol. The van der Waals surface area contributed by atoms with Crippen molar-refractivity contribution in [2.45, 2.75) is 46.3 Å². The molecule has 15 heavy (non-hydrogen) atoms. The summed E-state index contributed by atoms with van der Waals surface area (Å²) < 4.78 is 5.91. The van der Waals surface area contributed by atoms with Gasteiger partial charge in [-0.1, -0.05) is 31.5 Å². The minimum absolute atomic E-state index is 0.304. The van der Waals surface area contributed by atoms with Crippen LogP contribution in [0.4, 0.5) is 0 Å². The van der Waals surface area contributed by atoms with Crippen LogP contribution < -0.4 is 10.5 Å². The molecule has 0 radical (unpaired) electrons. The third kappa shape index (κ3) is 3.24. The second kappa shape index (κ2) is 5.76. The summed E-state index contributed by atoms with van der Waals surface area (Å²) in [6.07, 6.45) is 2.38. The molecule has 0 aliphatic heterocycles. The van der Waals surface area contributed by atoms with E-state index in [2.05, 4.69) is 32.9 Å². The molecule has 0 spiro atoms.